The van der Waals surface area contributed by atoms with Crippen LogP contribution in [0.2, 0.25) is 0 Å². The molecule has 1 aliphatic heterocycles. The number of nitrogens with one attached hydrogen (secondary N) is 1. The second-order valence-corrected chi connectivity index (χ2v) is 7.04. The minimum absolute atomic E-state index is 0.0194. The Kier molecular flexibility index (Phi) is 7.47. The number of amides is 1. The highest BCUT2D eigenvalue weighted by Gasteiger charge is 2.28. The molecular weight excluding hydrogens is 280 g/mol. The van der Waals surface area contributed by atoms with Crippen molar-refractivity contribution in [2.24, 2.45) is 0 Å². The minimum atomic E-state index is -3.14. The Morgan fingerprint density at radius 1 is 1.40 bits per heavy atom. The maximum atomic E-state index is 11.7. The first kappa shape index (κ1) is 17.4. The number of carbonyl (C=O) groups is 1. The van der Waals surface area contributed by atoms with E-state index in [2.05, 4.69) is 5.32 Å². The normalized spacial score (nSPS) is 20.8. The molecule has 1 aliphatic rings. The third-order valence-electron chi connectivity index (χ3n) is 3.48. The Labute approximate surface area is 121 Å². The van der Waals surface area contributed by atoms with Crippen molar-refractivity contribution in [1.82, 2.24) is 9.62 Å². The molecule has 118 valence electrons. The zero-order valence-electron chi connectivity index (χ0n) is 12.4. The summed E-state index contributed by atoms with van der Waals surface area (Å²) in [5.41, 5.74) is 0. The van der Waals surface area contributed by atoms with E-state index >= 15 is 0 Å². The highest BCUT2D eigenvalue weighted by molar-refractivity contribution is 7.88. The molecule has 1 atom stereocenters. The van der Waals surface area contributed by atoms with Gasteiger partial charge in [0, 0.05) is 32.2 Å². The summed E-state index contributed by atoms with van der Waals surface area (Å²) in [4.78, 5) is 11.5. The molecule has 0 unspecified atom stereocenters. The molecule has 0 aromatic carbocycles. The van der Waals surface area contributed by atoms with Gasteiger partial charge in [0.2, 0.25) is 15.9 Å². The van der Waals surface area contributed by atoms with Crippen molar-refractivity contribution in [3.05, 3.63) is 0 Å². The van der Waals surface area contributed by atoms with Gasteiger partial charge in [0.05, 0.1) is 12.9 Å². The van der Waals surface area contributed by atoms with Gasteiger partial charge in [-0.25, -0.2) is 8.42 Å². The smallest absolute Gasteiger partial charge is 0.222 e. The second kappa shape index (κ2) is 8.59. The molecule has 6 nitrogen and oxygen atoms in total. The maximum absolute atomic E-state index is 11.7. The van der Waals surface area contributed by atoms with Crippen molar-refractivity contribution >= 4 is 15.9 Å². The Hall–Kier alpha value is -0.660. The zero-order chi connectivity index (χ0) is 15.0. The molecule has 0 aliphatic carbocycles. The molecule has 1 rings (SSSR count). The van der Waals surface area contributed by atoms with E-state index in [4.69, 9.17) is 4.74 Å². The first-order valence-electron chi connectivity index (χ1n) is 7.26. The third kappa shape index (κ3) is 6.19. The summed E-state index contributed by atoms with van der Waals surface area (Å²) in [5.74, 6) is -0.0415. The van der Waals surface area contributed by atoms with Gasteiger partial charge in [0.25, 0.3) is 0 Å². The van der Waals surface area contributed by atoms with Crippen molar-refractivity contribution in [2.75, 3.05) is 32.6 Å². The van der Waals surface area contributed by atoms with Crippen molar-refractivity contribution in [2.45, 2.75) is 45.1 Å². The Bertz CT molecular complexity index is 397. The molecule has 0 saturated carbocycles. The van der Waals surface area contributed by atoms with Crippen molar-refractivity contribution in [3.8, 4) is 0 Å². The molecule has 0 aromatic rings. The molecule has 7 heteroatoms. The van der Waals surface area contributed by atoms with Crippen LogP contribution in [0.15, 0.2) is 0 Å². The zero-order valence-corrected chi connectivity index (χ0v) is 13.2. The Morgan fingerprint density at radius 2 is 2.15 bits per heavy atom. The molecule has 1 heterocycles. The van der Waals surface area contributed by atoms with Gasteiger partial charge in [0.1, 0.15) is 0 Å². The summed E-state index contributed by atoms with van der Waals surface area (Å²) in [7, 11) is -3.14. The fraction of sp³-hybridized carbons (Fsp3) is 0.923. The predicted octanol–water partition coefficient (Wildman–Crippen LogP) is 0.733. The molecule has 1 N–H and O–H groups in total. The van der Waals surface area contributed by atoms with E-state index in [1.165, 1.54) is 6.26 Å². The van der Waals surface area contributed by atoms with Crippen molar-refractivity contribution in [3.63, 3.8) is 0 Å². The SMILES string of the molecule is CCOCCC(=O)NCC[C@@H]1CCCCN1S(C)(=O)=O. The summed E-state index contributed by atoms with van der Waals surface area (Å²) in [6, 6.07) is 0.0194. The van der Waals surface area contributed by atoms with Crippen LogP contribution in [0.25, 0.3) is 0 Å². The number of rotatable bonds is 8. The molecule has 0 spiro atoms. The van der Waals surface area contributed by atoms with Crippen molar-refractivity contribution in [1.29, 1.82) is 0 Å². The average molecular weight is 306 g/mol. The predicted molar refractivity (Wildman–Crippen MR) is 77.9 cm³/mol. The summed E-state index contributed by atoms with van der Waals surface area (Å²) in [5, 5.41) is 2.82. The van der Waals surface area contributed by atoms with Gasteiger partial charge >= 0.3 is 0 Å². The average Bonchev–Trinajstić information content (AvgIpc) is 2.38. The van der Waals surface area contributed by atoms with Crippen LogP contribution >= 0.6 is 0 Å². The number of hydrogen-bond donors (Lipinski definition) is 1. The quantitative estimate of drug-likeness (QED) is 0.671. The Balaban J connectivity index is 2.30. The Morgan fingerprint density at radius 3 is 2.80 bits per heavy atom. The van der Waals surface area contributed by atoms with Gasteiger partial charge < -0.3 is 10.1 Å². The number of piperidine rings is 1. The van der Waals surface area contributed by atoms with Crippen LogP contribution in [0.5, 0.6) is 0 Å². The lowest BCUT2D eigenvalue weighted by atomic mass is 10.0. The highest BCUT2D eigenvalue weighted by Crippen LogP contribution is 2.21. The maximum Gasteiger partial charge on any atom is 0.222 e. The van der Waals surface area contributed by atoms with E-state index in [1.807, 2.05) is 6.92 Å². The molecule has 1 amide bonds. The lowest BCUT2D eigenvalue weighted by Gasteiger charge is -2.33. The monoisotopic (exact) mass is 306 g/mol. The number of ether oxygens (including phenoxy) is 1. The molecule has 20 heavy (non-hydrogen) atoms. The molecule has 0 aromatic heterocycles. The topological polar surface area (TPSA) is 75.7 Å². The largest absolute Gasteiger partial charge is 0.381 e. The summed E-state index contributed by atoms with van der Waals surface area (Å²) < 4.78 is 30.1. The number of hydrogen-bond acceptors (Lipinski definition) is 4. The second-order valence-electron chi connectivity index (χ2n) is 5.11. The van der Waals surface area contributed by atoms with Crippen LogP contribution in [0.3, 0.4) is 0 Å². The summed E-state index contributed by atoms with van der Waals surface area (Å²) in [6.07, 6.45) is 5.13. The minimum Gasteiger partial charge on any atom is -0.381 e. The number of nitrogens with zero attached hydrogens (tertiary/aromatic N) is 1. The summed E-state index contributed by atoms with van der Waals surface area (Å²) >= 11 is 0. The molecule has 0 radical (unpaired) electrons. The molecule has 0 bridgehead atoms. The molecule has 1 saturated heterocycles. The number of carbonyl (C=O) groups excluding carboxylic acids is 1. The van der Waals surface area contributed by atoms with Crippen LogP contribution in [-0.4, -0.2) is 57.2 Å². The van der Waals surface area contributed by atoms with E-state index in [1.54, 1.807) is 4.31 Å². The lowest BCUT2D eigenvalue weighted by molar-refractivity contribution is -0.122. The van der Waals surface area contributed by atoms with Gasteiger partial charge in [-0.3, -0.25) is 4.79 Å². The van der Waals surface area contributed by atoms with E-state index in [9.17, 15) is 13.2 Å². The van der Waals surface area contributed by atoms with Crippen LogP contribution in [-0.2, 0) is 19.6 Å². The van der Waals surface area contributed by atoms with E-state index in [-0.39, 0.29) is 11.9 Å². The molecular formula is C13H26N2O4S. The van der Waals surface area contributed by atoms with Crippen LogP contribution in [0, 0.1) is 0 Å². The fourth-order valence-corrected chi connectivity index (χ4v) is 3.69. The van der Waals surface area contributed by atoms with Crippen LogP contribution in [0.4, 0.5) is 0 Å². The standard InChI is InChI=1S/C13H26N2O4S/c1-3-19-11-8-13(16)14-9-7-12-6-4-5-10-15(12)20(2,17)18/h12H,3-11H2,1-2H3,(H,14,16)/t12-/m0/s1. The van der Waals surface area contributed by atoms with E-state index in [0.29, 0.717) is 39.1 Å². The van der Waals surface area contributed by atoms with Gasteiger partial charge in [-0.2, -0.15) is 4.31 Å². The van der Waals surface area contributed by atoms with Gasteiger partial charge in [-0.15, -0.1) is 0 Å². The lowest BCUT2D eigenvalue weighted by Crippen LogP contribution is -2.44. The van der Waals surface area contributed by atoms with Gasteiger partial charge in [0.15, 0.2) is 0 Å². The van der Waals surface area contributed by atoms with Crippen LogP contribution < -0.4 is 5.32 Å². The fourth-order valence-electron chi connectivity index (χ4n) is 2.47. The first-order chi connectivity index (χ1) is 9.45. The summed E-state index contributed by atoms with van der Waals surface area (Å²) in [6.45, 7) is 4.05. The highest BCUT2D eigenvalue weighted by atomic mass is 32.2. The van der Waals surface area contributed by atoms with E-state index in [0.717, 1.165) is 19.3 Å². The van der Waals surface area contributed by atoms with E-state index < -0.39 is 10.0 Å². The van der Waals surface area contributed by atoms with Crippen molar-refractivity contribution < 1.29 is 17.9 Å². The number of sulfonamides is 1. The van der Waals surface area contributed by atoms with Gasteiger partial charge in [-0.05, 0) is 26.2 Å². The first-order valence-corrected chi connectivity index (χ1v) is 9.11. The third-order valence-corrected chi connectivity index (χ3v) is 4.81. The molecule has 1 fully saturated rings. The van der Waals surface area contributed by atoms with Crippen LogP contribution in [0.1, 0.15) is 39.0 Å². The van der Waals surface area contributed by atoms with Gasteiger partial charge in [-0.1, -0.05) is 6.42 Å².